The van der Waals surface area contributed by atoms with Gasteiger partial charge in [-0.1, -0.05) is 96.1 Å². The fourth-order valence-corrected chi connectivity index (χ4v) is 4.85. The predicted octanol–water partition coefficient (Wildman–Crippen LogP) is 5.07. The van der Waals surface area contributed by atoms with Gasteiger partial charge in [-0.2, -0.15) is 0 Å². The van der Waals surface area contributed by atoms with Crippen molar-refractivity contribution in [2.24, 2.45) is 0 Å². The summed E-state index contributed by atoms with van der Waals surface area (Å²) in [4.78, 5) is 0.161. The van der Waals surface area contributed by atoms with Gasteiger partial charge in [-0.05, 0) is 47.5 Å². The average Bonchev–Trinajstić information content (AvgIpc) is 2.86. The van der Waals surface area contributed by atoms with E-state index in [9.17, 15) is 8.42 Å². The van der Waals surface area contributed by atoms with E-state index in [2.05, 4.69) is 23.2 Å². The van der Waals surface area contributed by atoms with Crippen molar-refractivity contribution >= 4 is 20.8 Å². The fraction of sp³-hybridized carbons (Fsp3) is 0.103. The zero-order valence-corrected chi connectivity index (χ0v) is 19.6. The molecular weight excluding hydrogens is 440 g/mol. The van der Waals surface area contributed by atoms with E-state index in [-0.39, 0.29) is 11.4 Å². The second kappa shape index (κ2) is 10.4. The van der Waals surface area contributed by atoms with E-state index in [0.29, 0.717) is 0 Å². The molecular formula is C29H24N2O2S. The standard InChI is InChI=1S/C29H24N2O2S/c1-3-22-31(34(32,33)26-19-16-23(2)17-20-26)30-29(21-18-24-10-5-4-6-11-24)28-15-9-13-25-12-7-8-14-27(25)28/h1,4-17,19-20,29-30H,22H2,2H3. The van der Waals surface area contributed by atoms with Gasteiger partial charge in [0, 0.05) is 5.56 Å². The summed E-state index contributed by atoms with van der Waals surface area (Å²) in [6.45, 7) is 1.76. The van der Waals surface area contributed by atoms with E-state index in [4.69, 9.17) is 6.42 Å². The highest BCUT2D eigenvalue weighted by Crippen LogP contribution is 2.26. The number of benzene rings is 4. The summed E-state index contributed by atoms with van der Waals surface area (Å²) in [6.07, 6.45) is 5.57. The summed E-state index contributed by atoms with van der Waals surface area (Å²) in [6, 6.07) is 29.5. The molecule has 0 heterocycles. The number of hydrogen-bond acceptors (Lipinski definition) is 3. The van der Waals surface area contributed by atoms with Crippen molar-refractivity contribution < 1.29 is 8.42 Å². The SMILES string of the molecule is C#CCN(NC(C#Cc1ccccc1)c1cccc2ccccc12)S(=O)(=O)c1ccc(C)cc1. The van der Waals surface area contributed by atoms with Crippen molar-refractivity contribution in [3.8, 4) is 24.2 Å². The Labute approximate surface area is 201 Å². The number of nitrogens with one attached hydrogen (secondary N) is 1. The lowest BCUT2D eigenvalue weighted by Crippen LogP contribution is -2.44. The second-order valence-corrected chi connectivity index (χ2v) is 9.66. The molecule has 0 aliphatic rings. The molecule has 1 atom stereocenters. The minimum absolute atomic E-state index is 0.148. The molecule has 0 saturated heterocycles. The molecule has 0 amide bonds. The Morgan fingerprint density at radius 3 is 2.29 bits per heavy atom. The number of fused-ring (bicyclic) bond motifs is 1. The highest BCUT2D eigenvalue weighted by molar-refractivity contribution is 7.89. The van der Waals surface area contributed by atoms with Gasteiger partial charge in [0.15, 0.2) is 0 Å². The Morgan fingerprint density at radius 1 is 0.882 bits per heavy atom. The maximum Gasteiger partial charge on any atom is 0.256 e. The van der Waals surface area contributed by atoms with Gasteiger partial charge in [0.05, 0.1) is 11.4 Å². The third-order valence-electron chi connectivity index (χ3n) is 5.39. The van der Waals surface area contributed by atoms with E-state index >= 15 is 0 Å². The van der Waals surface area contributed by atoms with Gasteiger partial charge in [0.1, 0.15) is 6.04 Å². The Kier molecular flexibility index (Phi) is 7.11. The minimum atomic E-state index is -3.91. The van der Waals surface area contributed by atoms with Crippen LogP contribution < -0.4 is 5.43 Å². The summed E-state index contributed by atoms with van der Waals surface area (Å²) >= 11 is 0. The first-order valence-corrected chi connectivity index (χ1v) is 12.3. The summed E-state index contributed by atoms with van der Waals surface area (Å²) in [5, 5.41) is 2.02. The zero-order valence-electron chi connectivity index (χ0n) is 18.8. The molecule has 4 nitrogen and oxygen atoms in total. The van der Waals surface area contributed by atoms with E-state index in [0.717, 1.165) is 31.9 Å². The first kappa shape index (κ1) is 23.3. The highest BCUT2D eigenvalue weighted by Gasteiger charge is 2.27. The molecule has 34 heavy (non-hydrogen) atoms. The van der Waals surface area contributed by atoms with Crippen molar-refractivity contribution in [2.45, 2.75) is 17.9 Å². The monoisotopic (exact) mass is 464 g/mol. The van der Waals surface area contributed by atoms with Crippen molar-refractivity contribution in [1.29, 1.82) is 0 Å². The van der Waals surface area contributed by atoms with E-state index in [1.807, 2.05) is 79.7 Å². The van der Waals surface area contributed by atoms with Crippen LogP contribution in [0.4, 0.5) is 0 Å². The van der Waals surface area contributed by atoms with Crippen molar-refractivity contribution in [3.63, 3.8) is 0 Å². The fourth-order valence-electron chi connectivity index (χ4n) is 3.62. The summed E-state index contributed by atoms with van der Waals surface area (Å²) < 4.78 is 28.0. The number of nitrogens with zero attached hydrogens (tertiary/aromatic N) is 1. The molecule has 0 fully saturated rings. The number of rotatable bonds is 6. The van der Waals surface area contributed by atoms with Crippen molar-refractivity contribution in [2.75, 3.05) is 6.54 Å². The van der Waals surface area contributed by atoms with Crippen LogP contribution in [0.15, 0.2) is 102 Å². The lowest BCUT2D eigenvalue weighted by atomic mass is 9.99. The molecule has 0 bridgehead atoms. The van der Waals surface area contributed by atoms with Gasteiger partial charge in [-0.25, -0.2) is 13.8 Å². The van der Waals surface area contributed by atoms with E-state index < -0.39 is 16.1 Å². The first-order valence-electron chi connectivity index (χ1n) is 10.8. The minimum Gasteiger partial charge on any atom is -0.221 e. The molecule has 0 aromatic heterocycles. The van der Waals surface area contributed by atoms with Gasteiger partial charge in [-0.3, -0.25) is 0 Å². The van der Waals surface area contributed by atoms with Gasteiger partial charge in [0.25, 0.3) is 10.0 Å². The molecule has 5 heteroatoms. The van der Waals surface area contributed by atoms with E-state index in [1.54, 1.807) is 24.3 Å². The normalized spacial score (nSPS) is 12.0. The summed E-state index contributed by atoms with van der Waals surface area (Å²) in [5.41, 5.74) is 5.78. The maximum absolute atomic E-state index is 13.5. The molecule has 0 aliphatic heterocycles. The quantitative estimate of drug-likeness (QED) is 0.320. The van der Waals surface area contributed by atoms with Gasteiger partial charge in [-0.15, -0.1) is 10.8 Å². The number of hydrogen-bond donors (Lipinski definition) is 1. The number of aryl methyl sites for hydroxylation is 1. The maximum atomic E-state index is 13.5. The van der Waals surface area contributed by atoms with Crippen molar-refractivity contribution in [1.82, 2.24) is 9.84 Å². The van der Waals surface area contributed by atoms with Crippen LogP contribution in [0, 0.1) is 31.1 Å². The molecule has 4 aromatic rings. The smallest absolute Gasteiger partial charge is 0.221 e. The third kappa shape index (κ3) is 5.20. The van der Waals surface area contributed by atoms with E-state index in [1.165, 1.54) is 0 Å². The van der Waals surface area contributed by atoms with Crippen LogP contribution in [0.25, 0.3) is 10.8 Å². The van der Waals surface area contributed by atoms with Crippen LogP contribution in [0.2, 0.25) is 0 Å². The van der Waals surface area contributed by atoms with Crippen LogP contribution in [-0.2, 0) is 10.0 Å². The Hall–Kier alpha value is -3.87. The Morgan fingerprint density at radius 2 is 1.56 bits per heavy atom. The Balaban J connectivity index is 1.80. The molecule has 1 N–H and O–H groups in total. The van der Waals surface area contributed by atoms with Crippen LogP contribution in [-0.4, -0.2) is 19.4 Å². The lowest BCUT2D eigenvalue weighted by molar-refractivity contribution is 0.325. The molecule has 0 saturated carbocycles. The number of terminal acetylenes is 1. The van der Waals surface area contributed by atoms with Crippen LogP contribution in [0.1, 0.15) is 22.7 Å². The third-order valence-corrected chi connectivity index (χ3v) is 7.07. The highest BCUT2D eigenvalue weighted by atomic mass is 32.2. The van der Waals surface area contributed by atoms with Crippen LogP contribution in [0.5, 0.6) is 0 Å². The Bertz CT molecular complexity index is 1490. The van der Waals surface area contributed by atoms with Gasteiger partial charge in [0.2, 0.25) is 0 Å². The first-order chi connectivity index (χ1) is 16.5. The largest absolute Gasteiger partial charge is 0.256 e. The zero-order chi connectivity index (χ0) is 24.0. The molecule has 168 valence electrons. The molecule has 4 rings (SSSR count). The van der Waals surface area contributed by atoms with Crippen molar-refractivity contribution in [3.05, 3.63) is 114 Å². The molecule has 0 radical (unpaired) electrons. The second-order valence-electron chi connectivity index (χ2n) is 7.79. The number of sulfonamides is 1. The molecule has 0 aliphatic carbocycles. The van der Waals surface area contributed by atoms with Crippen LogP contribution >= 0.6 is 0 Å². The van der Waals surface area contributed by atoms with Crippen LogP contribution in [0.3, 0.4) is 0 Å². The van der Waals surface area contributed by atoms with Gasteiger partial charge >= 0.3 is 0 Å². The molecule has 0 spiro atoms. The average molecular weight is 465 g/mol. The number of hydrazine groups is 1. The van der Waals surface area contributed by atoms with Gasteiger partial charge < -0.3 is 0 Å². The summed E-state index contributed by atoms with van der Waals surface area (Å²) in [5.74, 6) is 8.86. The molecule has 1 unspecified atom stereocenters. The lowest BCUT2D eigenvalue weighted by Gasteiger charge is -2.25. The summed E-state index contributed by atoms with van der Waals surface area (Å²) in [7, 11) is -3.91. The molecule has 4 aromatic carbocycles. The predicted molar refractivity (Wildman–Crippen MR) is 137 cm³/mol. The topological polar surface area (TPSA) is 49.4 Å².